The lowest BCUT2D eigenvalue weighted by Crippen LogP contribution is -1.89. The van der Waals surface area contributed by atoms with Crippen LogP contribution in [0, 0.1) is 0 Å². The Balaban J connectivity index is 0. The van der Waals surface area contributed by atoms with Gasteiger partial charge in [0.15, 0.2) is 0 Å². The third-order valence-electron chi connectivity index (χ3n) is 0.298. The van der Waals surface area contributed by atoms with Crippen molar-refractivity contribution >= 4 is 21.4 Å². The summed E-state index contributed by atoms with van der Waals surface area (Å²) in [6, 6.07) is 0. The molecule has 0 radical (unpaired) electrons. The zero-order valence-corrected chi connectivity index (χ0v) is 7.49. The zero-order valence-electron chi connectivity index (χ0n) is 5.78. The first-order chi connectivity index (χ1) is 5.27. The highest BCUT2D eigenvalue weighted by Crippen LogP contribution is 1.70. The standard InChI is InChI=1S/C3H6O3S.H2O4S/c1-2-3-6-7(4)5;1-5(2,3)4/h2,7H,1,3H2;(H2,1,2,3,4). The monoisotopic (exact) mass is 220 g/mol. The van der Waals surface area contributed by atoms with Crippen molar-refractivity contribution in [1.29, 1.82) is 0 Å². The summed E-state index contributed by atoms with van der Waals surface area (Å²) in [6.07, 6.45) is 1.37. The molecule has 0 heterocycles. The van der Waals surface area contributed by atoms with Gasteiger partial charge in [0.1, 0.15) is 0 Å². The van der Waals surface area contributed by atoms with Gasteiger partial charge in [-0.15, -0.1) is 6.58 Å². The van der Waals surface area contributed by atoms with E-state index in [1.807, 2.05) is 0 Å². The molecule has 9 heteroatoms. The Morgan fingerprint density at radius 3 is 1.83 bits per heavy atom. The molecule has 7 nitrogen and oxygen atoms in total. The first-order valence-electron chi connectivity index (χ1n) is 2.35. The maximum absolute atomic E-state index is 9.53. The van der Waals surface area contributed by atoms with E-state index < -0.39 is 21.4 Å². The van der Waals surface area contributed by atoms with Gasteiger partial charge in [0.25, 0.3) is 11.0 Å². The molecule has 74 valence electrons. The van der Waals surface area contributed by atoms with Gasteiger partial charge in [-0.2, -0.15) is 8.42 Å². The van der Waals surface area contributed by atoms with Crippen LogP contribution in [-0.4, -0.2) is 32.5 Å². The third kappa shape index (κ3) is 55.8. The van der Waals surface area contributed by atoms with Crippen molar-refractivity contribution in [2.45, 2.75) is 0 Å². The van der Waals surface area contributed by atoms with Gasteiger partial charge in [0.2, 0.25) is 0 Å². The first kappa shape index (κ1) is 14.1. The molecule has 0 aliphatic heterocycles. The molecular weight excluding hydrogens is 212 g/mol. The molecule has 0 saturated carbocycles. The molecule has 0 aromatic rings. The van der Waals surface area contributed by atoms with Gasteiger partial charge < -0.3 is 0 Å². The lowest BCUT2D eigenvalue weighted by Gasteiger charge is -1.80. The van der Waals surface area contributed by atoms with E-state index in [-0.39, 0.29) is 6.61 Å². The molecule has 0 bridgehead atoms. The molecule has 12 heavy (non-hydrogen) atoms. The van der Waals surface area contributed by atoms with Gasteiger partial charge in [-0.05, 0) is 0 Å². The Morgan fingerprint density at radius 1 is 1.42 bits per heavy atom. The predicted molar refractivity (Wildman–Crippen MR) is 40.6 cm³/mol. The van der Waals surface area contributed by atoms with E-state index in [0.29, 0.717) is 0 Å². The Labute approximate surface area is 71.4 Å². The molecule has 0 aromatic heterocycles. The summed E-state index contributed by atoms with van der Waals surface area (Å²) in [6.45, 7) is 3.31. The fourth-order valence-electron chi connectivity index (χ4n) is 0.114. The smallest absolute Gasteiger partial charge is 0.268 e. The highest BCUT2D eigenvalue weighted by molar-refractivity contribution is 7.79. The van der Waals surface area contributed by atoms with E-state index in [2.05, 4.69) is 10.8 Å². The summed E-state index contributed by atoms with van der Waals surface area (Å²) in [4.78, 5) is 0. The van der Waals surface area contributed by atoms with Crippen LogP contribution in [0.2, 0.25) is 0 Å². The third-order valence-corrected chi connectivity index (χ3v) is 0.658. The molecular formula is C3H8O7S2. The minimum Gasteiger partial charge on any atom is -0.268 e. The van der Waals surface area contributed by atoms with Crippen molar-refractivity contribution in [2.24, 2.45) is 0 Å². The van der Waals surface area contributed by atoms with E-state index in [1.165, 1.54) is 6.08 Å². The van der Waals surface area contributed by atoms with Gasteiger partial charge in [-0.1, -0.05) is 6.08 Å². The highest BCUT2D eigenvalue weighted by atomic mass is 32.3. The van der Waals surface area contributed by atoms with Gasteiger partial charge in [0, 0.05) is 0 Å². The second kappa shape index (κ2) is 7.18. The van der Waals surface area contributed by atoms with Crippen molar-refractivity contribution in [3.8, 4) is 0 Å². The van der Waals surface area contributed by atoms with Crippen molar-refractivity contribution < 1.29 is 30.1 Å². The minimum atomic E-state index is -4.67. The molecule has 0 aliphatic rings. The number of hydrogen-bond donors (Lipinski definition) is 3. The van der Waals surface area contributed by atoms with E-state index in [0.717, 1.165) is 0 Å². The van der Waals surface area contributed by atoms with Crippen LogP contribution in [0.1, 0.15) is 0 Å². The second-order valence-corrected chi connectivity index (χ2v) is 2.86. The van der Waals surface area contributed by atoms with Gasteiger partial charge in [0.05, 0.1) is 6.61 Å². The molecule has 0 aliphatic carbocycles. The maximum atomic E-state index is 9.53. The lowest BCUT2D eigenvalue weighted by atomic mass is 10.7. The average Bonchev–Trinajstić information content (AvgIpc) is 1.79. The Bertz CT molecular complexity index is 257. The van der Waals surface area contributed by atoms with Gasteiger partial charge in [-0.3, -0.25) is 13.3 Å². The molecule has 0 saturated heterocycles. The number of rotatable bonds is 3. The van der Waals surface area contributed by atoms with Gasteiger partial charge in [-0.25, -0.2) is 8.42 Å². The molecule has 0 rings (SSSR count). The quantitative estimate of drug-likeness (QED) is 0.319. The largest absolute Gasteiger partial charge is 0.394 e. The summed E-state index contributed by atoms with van der Waals surface area (Å²) in [7, 11) is -7.34. The topological polar surface area (TPSA) is 118 Å². The van der Waals surface area contributed by atoms with Crippen LogP contribution < -0.4 is 0 Å². The molecule has 0 amide bonds. The number of thiol groups is 1. The molecule has 2 N–H and O–H groups in total. The normalized spacial score (nSPS) is 10.2. The molecule has 0 spiro atoms. The lowest BCUT2D eigenvalue weighted by molar-refractivity contribution is 0.375. The Morgan fingerprint density at radius 2 is 1.75 bits per heavy atom. The summed E-state index contributed by atoms with van der Waals surface area (Å²) in [5.74, 6) is 0. The van der Waals surface area contributed by atoms with E-state index in [9.17, 15) is 8.42 Å². The van der Waals surface area contributed by atoms with Crippen LogP contribution >= 0.6 is 0 Å². The van der Waals surface area contributed by atoms with E-state index in [1.54, 1.807) is 0 Å². The van der Waals surface area contributed by atoms with Crippen LogP contribution in [0.25, 0.3) is 0 Å². The summed E-state index contributed by atoms with van der Waals surface area (Å²) in [5, 5.41) is 0. The van der Waals surface area contributed by atoms with Crippen LogP contribution in [0.5, 0.6) is 0 Å². The number of hydrogen-bond acceptors (Lipinski definition) is 5. The molecule has 0 fully saturated rings. The van der Waals surface area contributed by atoms with Gasteiger partial charge >= 0.3 is 10.4 Å². The Kier molecular flexibility index (Phi) is 8.42. The fraction of sp³-hybridized carbons (Fsp3) is 0.333. The van der Waals surface area contributed by atoms with Crippen molar-refractivity contribution in [3.05, 3.63) is 12.7 Å². The first-order valence-corrected chi connectivity index (χ1v) is 4.84. The SMILES string of the molecule is C=CCO[SH](=O)=O.O=S(=O)(O)O. The molecule has 0 atom stereocenters. The van der Waals surface area contributed by atoms with E-state index in [4.69, 9.17) is 17.5 Å². The van der Waals surface area contributed by atoms with Crippen molar-refractivity contribution in [3.63, 3.8) is 0 Å². The van der Waals surface area contributed by atoms with Crippen molar-refractivity contribution in [1.82, 2.24) is 0 Å². The predicted octanol–water partition coefficient (Wildman–Crippen LogP) is -0.937. The van der Waals surface area contributed by atoms with E-state index >= 15 is 0 Å². The molecule has 0 aromatic carbocycles. The minimum absolute atomic E-state index is 0.0682. The summed E-state index contributed by atoms with van der Waals surface area (Å²) < 4.78 is 54.7. The van der Waals surface area contributed by atoms with Crippen LogP contribution in [0.15, 0.2) is 12.7 Å². The van der Waals surface area contributed by atoms with Crippen molar-refractivity contribution in [2.75, 3.05) is 6.61 Å². The zero-order chi connectivity index (χ0) is 10.2. The highest BCUT2D eigenvalue weighted by Gasteiger charge is 1.84. The molecule has 0 unspecified atom stereocenters. The van der Waals surface area contributed by atoms with Crippen LogP contribution in [0.3, 0.4) is 0 Å². The Hall–Kier alpha value is -0.480. The maximum Gasteiger partial charge on any atom is 0.394 e. The van der Waals surface area contributed by atoms with Crippen LogP contribution in [0.4, 0.5) is 0 Å². The summed E-state index contributed by atoms with van der Waals surface area (Å²) in [5.41, 5.74) is 0. The second-order valence-electron chi connectivity index (χ2n) is 1.26. The fourth-order valence-corrected chi connectivity index (χ4v) is 0.341. The van der Waals surface area contributed by atoms with Crippen LogP contribution in [-0.2, 0) is 25.6 Å². The average molecular weight is 220 g/mol. The summed E-state index contributed by atoms with van der Waals surface area (Å²) >= 11 is 0.